The Bertz CT molecular complexity index is 612. The number of furan rings is 1. The Morgan fingerprint density at radius 2 is 2.10 bits per heavy atom. The van der Waals surface area contributed by atoms with Gasteiger partial charge in [0.1, 0.15) is 5.76 Å². The fourth-order valence-corrected chi connectivity index (χ4v) is 1.89. The highest BCUT2D eigenvalue weighted by Gasteiger charge is 2.09. The third-order valence-electron chi connectivity index (χ3n) is 3.06. The van der Waals surface area contributed by atoms with Gasteiger partial charge < -0.3 is 9.73 Å². The first-order valence-electron chi connectivity index (χ1n) is 6.71. The van der Waals surface area contributed by atoms with Crippen LogP contribution in [0.4, 0.5) is 5.69 Å². The molecule has 5 heteroatoms. The van der Waals surface area contributed by atoms with Crippen molar-refractivity contribution in [2.75, 3.05) is 11.9 Å². The third kappa shape index (κ3) is 4.48. The molecule has 108 valence electrons. The maximum absolute atomic E-state index is 11.8. The van der Waals surface area contributed by atoms with E-state index >= 15 is 0 Å². The zero-order valence-corrected chi connectivity index (χ0v) is 11.8. The zero-order valence-electron chi connectivity index (χ0n) is 11.8. The fraction of sp³-hybridized carbons (Fsp3) is 0.250. The van der Waals surface area contributed by atoms with Gasteiger partial charge in [-0.25, -0.2) is 0 Å². The molecular formula is C16H17N3O2. The first-order valence-corrected chi connectivity index (χ1v) is 6.71. The second-order valence-electron chi connectivity index (χ2n) is 4.70. The lowest BCUT2D eigenvalue weighted by Gasteiger charge is -2.11. The molecule has 0 aliphatic rings. The van der Waals surface area contributed by atoms with Gasteiger partial charge in [0, 0.05) is 5.69 Å². The number of hydrogen-bond donors (Lipinski definition) is 2. The van der Waals surface area contributed by atoms with Crippen LogP contribution in [0.3, 0.4) is 0 Å². The molecule has 0 spiro atoms. The van der Waals surface area contributed by atoms with Crippen molar-refractivity contribution in [1.82, 2.24) is 5.32 Å². The molecule has 0 saturated heterocycles. The Balaban J connectivity index is 1.80. The smallest absolute Gasteiger partial charge is 0.238 e. The second kappa shape index (κ2) is 7.27. The molecular weight excluding hydrogens is 266 g/mol. The molecule has 1 aromatic heterocycles. The normalized spacial score (nSPS) is 11.6. The third-order valence-corrected chi connectivity index (χ3v) is 3.06. The van der Waals surface area contributed by atoms with Crippen molar-refractivity contribution >= 4 is 11.6 Å². The predicted octanol–water partition coefficient (Wildman–Crippen LogP) is 2.63. The summed E-state index contributed by atoms with van der Waals surface area (Å²) in [7, 11) is 0. The molecule has 0 radical (unpaired) electrons. The minimum absolute atomic E-state index is 0.0243. The van der Waals surface area contributed by atoms with Crippen molar-refractivity contribution in [2.45, 2.75) is 19.4 Å². The van der Waals surface area contributed by atoms with Gasteiger partial charge in [-0.3, -0.25) is 10.1 Å². The van der Waals surface area contributed by atoms with Crippen LogP contribution in [0.2, 0.25) is 0 Å². The number of amides is 1. The summed E-state index contributed by atoms with van der Waals surface area (Å²) in [5, 5.41) is 14.5. The van der Waals surface area contributed by atoms with E-state index in [2.05, 4.69) is 16.7 Å². The minimum atomic E-state index is -0.124. The van der Waals surface area contributed by atoms with Crippen LogP contribution in [0.15, 0.2) is 47.1 Å². The molecule has 1 heterocycles. The first kappa shape index (κ1) is 14.8. The van der Waals surface area contributed by atoms with E-state index in [1.54, 1.807) is 18.4 Å². The van der Waals surface area contributed by atoms with E-state index in [4.69, 9.17) is 9.68 Å². The van der Waals surface area contributed by atoms with Gasteiger partial charge in [0.25, 0.3) is 0 Å². The molecule has 0 aliphatic carbocycles. The molecule has 21 heavy (non-hydrogen) atoms. The number of hydrogen-bond acceptors (Lipinski definition) is 4. The van der Waals surface area contributed by atoms with E-state index in [0.29, 0.717) is 12.1 Å². The molecule has 0 unspecified atom stereocenters. The van der Waals surface area contributed by atoms with Crippen molar-refractivity contribution in [1.29, 1.82) is 5.26 Å². The minimum Gasteiger partial charge on any atom is -0.468 e. The summed E-state index contributed by atoms with van der Waals surface area (Å²) in [4.78, 5) is 11.8. The molecule has 2 N–H and O–H groups in total. The van der Waals surface area contributed by atoms with Crippen molar-refractivity contribution in [2.24, 2.45) is 0 Å². The first-order chi connectivity index (χ1) is 10.2. The van der Waals surface area contributed by atoms with Crippen LogP contribution in [0.5, 0.6) is 0 Å². The molecule has 2 rings (SSSR count). The van der Waals surface area contributed by atoms with Crippen molar-refractivity contribution < 1.29 is 9.21 Å². The van der Waals surface area contributed by atoms with Gasteiger partial charge >= 0.3 is 0 Å². The summed E-state index contributed by atoms with van der Waals surface area (Å²) in [6.45, 7) is 2.13. The van der Waals surface area contributed by atoms with E-state index in [1.165, 1.54) is 0 Å². The molecule has 0 fully saturated rings. The summed E-state index contributed by atoms with van der Waals surface area (Å²) in [6.07, 6.45) is 1.98. The van der Waals surface area contributed by atoms with Gasteiger partial charge in [-0.1, -0.05) is 12.1 Å². The van der Waals surface area contributed by atoms with E-state index in [-0.39, 0.29) is 18.5 Å². The van der Waals surface area contributed by atoms with Gasteiger partial charge in [-0.15, -0.1) is 0 Å². The number of benzene rings is 1. The average Bonchev–Trinajstić information content (AvgIpc) is 3.01. The lowest BCUT2D eigenvalue weighted by molar-refractivity contribution is -0.115. The summed E-state index contributed by atoms with van der Waals surface area (Å²) in [6, 6.07) is 13.0. The summed E-state index contributed by atoms with van der Waals surface area (Å²) in [5.41, 5.74) is 1.65. The number of nitrogens with zero attached hydrogens (tertiary/aromatic N) is 1. The SMILES string of the molecule is C[C@H](NCC(=O)Nc1ccc(CC#N)cc1)c1ccco1. The Kier molecular flexibility index (Phi) is 5.13. The number of rotatable bonds is 6. The lowest BCUT2D eigenvalue weighted by Crippen LogP contribution is -2.29. The molecule has 1 atom stereocenters. The van der Waals surface area contributed by atoms with Gasteiger partial charge in [-0.05, 0) is 36.8 Å². The predicted molar refractivity (Wildman–Crippen MR) is 79.5 cm³/mol. The lowest BCUT2D eigenvalue weighted by atomic mass is 10.1. The van der Waals surface area contributed by atoms with Crippen LogP contribution in [0.1, 0.15) is 24.3 Å². The van der Waals surface area contributed by atoms with Crippen LogP contribution in [0.25, 0.3) is 0 Å². The quantitative estimate of drug-likeness (QED) is 0.854. The van der Waals surface area contributed by atoms with Crippen LogP contribution >= 0.6 is 0 Å². The van der Waals surface area contributed by atoms with E-state index in [0.717, 1.165) is 11.3 Å². The van der Waals surface area contributed by atoms with E-state index in [1.807, 2.05) is 31.2 Å². The van der Waals surface area contributed by atoms with Crippen molar-refractivity contribution in [3.05, 3.63) is 54.0 Å². The molecule has 5 nitrogen and oxygen atoms in total. The molecule has 0 bridgehead atoms. The van der Waals surface area contributed by atoms with Gasteiger partial charge in [0.05, 0.1) is 31.3 Å². The summed E-state index contributed by atoms with van der Waals surface area (Å²) in [5.74, 6) is 0.671. The second-order valence-corrected chi connectivity index (χ2v) is 4.70. The fourth-order valence-electron chi connectivity index (χ4n) is 1.89. The molecule has 0 aliphatic heterocycles. The molecule has 1 aromatic carbocycles. The average molecular weight is 283 g/mol. The number of nitriles is 1. The highest BCUT2D eigenvalue weighted by atomic mass is 16.3. The van der Waals surface area contributed by atoms with Crippen LogP contribution in [0, 0.1) is 11.3 Å². The number of carbonyl (C=O) groups is 1. The summed E-state index contributed by atoms with van der Waals surface area (Å²) >= 11 is 0. The monoisotopic (exact) mass is 283 g/mol. The zero-order chi connectivity index (χ0) is 15.1. The molecule has 0 saturated carbocycles. The highest BCUT2D eigenvalue weighted by Crippen LogP contribution is 2.12. The Morgan fingerprint density at radius 1 is 1.33 bits per heavy atom. The Morgan fingerprint density at radius 3 is 2.71 bits per heavy atom. The van der Waals surface area contributed by atoms with Gasteiger partial charge in [0.15, 0.2) is 0 Å². The standard InChI is InChI=1S/C16H17N3O2/c1-12(15-3-2-10-21-15)18-11-16(20)19-14-6-4-13(5-7-14)8-9-17/h2-7,10,12,18H,8,11H2,1H3,(H,19,20)/t12-/m0/s1. The van der Waals surface area contributed by atoms with E-state index < -0.39 is 0 Å². The topological polar surface area (TPSA) is 78.1 Å². The van der Waals surface area contributed by atoms with Crippen LogP contribution in [-0.4, -0.2) is 12.5 Å². The van der Waals surface area contributed by atoms with Gasteiger partial charge in [-0.2, -0.15) is 5.26 Å². The highest BCUT2D eigenvalue weighted by molar-refractivity contribution is 5.92. The number of carbonyl (C=O) groups excluding carboxylic acids is 1. The summed E-state index contributed by atoms with van der Waals surface area (Å²) < 4.78 is 5.26. The molecule has 1 amide bonds. The van der Waals surface area contributed by atoms with Crippen molar-refractivity contribution in [3.63, 3.8) is 0 Å². The molecule has 2 aromatic rings. The maximum Gasteiger partial charge on any atom is 0.238 e. The Hall–Kier alpha value is -2.58. The number of nitrogens with one attached hydrogen (secondary N) is 2. The van der Waals surface area contributed by atoms with E-state index in [9.17, 15) is 4.79 Å². The largest absolute Gasteiger partial charge is 0.468 e. The van der Waals surface area contributed by atoms with Gasteiger partial charge in [0.2, 0.25) is 5.91 Å². The van der Waals surface area contributed by atoms with Crippen molar-refractivity contribution in [3.8, 4) is 6.07 Å². The Labute approximate surface area is 123 Å². The maximum atomic E-state index is 11.8. The van der Waals surface area contributed by atoms with Crippen LogP contribution < -0.4 is 10.6 Å². The number of anilines is 1. The van der Waals surface area contributed by atoms with Crippen LogP contribution in [-0.2, 0) is 11.2 Å².